The molecular formula is C52H111ClN4O5. The summed E-state index contributed by atoms with van der Waals surface area (Å²) < 4.78 is 0. The number of halogens is 1. The van der Waals surface area contributed by atoms with E-state index in [-0.39, 0.29) is 77.6 Å². The fraction of sp³-hybridized carbons (Fsp3) is 0.923. The molecule has 0 aromatic rings. The second kappa shape index (κ2) is 24.7. The van der Waals surface area contributed by atoms with Crippen LogP contribution in [0.25, 0.3) is 0 Å². The van der Waals surface area contributed by atoms with E-state index >= 15 is 0 Å². The molecule has 3 N–H and O–H groups in total. The van der Waals surface area contributed by atoms with Gasteiger partial charge in [-0.05, 0) is 199 Å². The van der Waals surface area contributed by atoms with Gasteiger partial charge in [-0.2, -0.15) is 0 Å². The van der Waals surface area contributed by atoms with Crippen LogP contribution in [0.4, 0.5) is 0 Å². The molecule has 0 saturated carbocycles. The second-order valence-corrected chi connectivity index (χ2v) is 29.1. The molecule has 0 bridgehead atoms. The van der Waals surface area contributed by atoms with Gasteiger partial charge in [0.2, 0.25) is 17.1 Å². The van der Waals surface area contributed by atoms with Crippen molar-refractivity contribution in [2.75, 3.05) is 0 Å². The molecule has 376 valence electrons. The van der Waals surface area contributed by atoms with Crippen molar-refractivity contribution >= 4 is 34.6 Å². The number of carbonyl (C=O) groups is 4. The third-order valence-electron chi connectivity index (χ3n) is 7.10. The van der Waals surface area contributed by atoms with Gasteiger partial charge in [-0.15, -0.1) is 0 Å². The Labute approximate surface area is 393 Å². The quantitative estimate of drug-likeness (QED) is 0.207. The fourth-order valence-electron chi connectivity index (χ4n) is 6.15. The average Bonchev–Trinajstić information content (AvgIpc) is 2.80. The minimum absolute atomic E-state index is 0.136. The number of nitrogens with zero attached hydrogens (tertiary/aromatic N) is 2. The molecule has 0 unspecified atom stereocenters. The molecule has 0 aliphatic carbocycles. The highest BCUT2D eigenvalue weighted by Crippen LogP contribution is 2.32. The third-order valence-corrected chi connectivity index (χ3v) is 7.67. The van der Waals surface area contributed by atoms with Crippen LogP contribution in [0.5, 0.6) is 0 Å². The van der Waals surface area contributed by atoms with E-state index in [1.165, 1.54) is 0 Å². The van der Waals surface area contributed by atoms with Crippen molar-refractivity contribution in [3.63, 3.8) is 0 Å². The Hall–Kier alpha value is -1.71. The maximum absolute atomic E-state index is 12.4. The summed E-state index contributed by atoms with van der Waals surface area (Å²) in [6, 6.07) is 0. The number of amides is 2. The van der Waals surface area contributed by atoms with E-state index in [0.29, 0.717) is 0 Å². The summed E-state index contributed by atoms with van der Waals surface area (Å²) in [5.74, 6) is -0.336. The minimum Gasteiger partial charge on any atom is -0.481 e. The van der Waals surface area contributed by atoms with Crippen LogP contribution in [0.15, 0.2) is 0 Å². The molecule has 0 fully saturated rings. The normalized spacial score (nSPS) is 13.4. The van der Waals surface area contributed by atoms with E-state index in [1.54, 1.807) is 41.5 Å². The van der Waals surface area contributed by atoms with Crippen LogP contribution in [0.2, 0.25) is 0 Å². The SMILES string of the molecule is CC(C)(C)C(=O)Cl.CC(C)(C)C(=O)N(C(C)(C)C)C(C)(C)C.CC(C)(C)C(=O)N(C(C)(C)C)C(C)(C)C.CC(C)(C)C(=O)O.CC(C)(C)NC(C)(C)C.CC(C)(C)NC(C)(C)C. The maximum atomic E-state index is 12.4. The molecule has 0 radical (unpaired) electrons. The van der Waals surface area contributed by atoms with Crippen LogP contribution in [0.1, 0.15) is 249 Å². The van der Waals surface area contributed by atoms with Crippen molar-refractivity contribution in [3.05, 3.63) is 0 Å². The predicted octanol–water partition coefficient (Wildman–Crippen LogP) is 14.2. The Bertz CT molecular complexity index is 1160. The van der Waals surface area contributed by atoms with Crippen LogP contribution in [0.3, 0.4) is 0 Å². The molecule has 62 heavy (non-hydrogen) atoms. The lowest BCUT2D eigenvalue weighted by molar-refractivity contribution is -0.152. The van der Waals surface area contributed by atoms with Gasteiger partial charge in [-0.25, -0.2) is 0 Å². The highest BCUT2D eigenvalue weighted by atomic mass is 35.5. The molecule has 0 atom stereocenters. The molecule has 9 nitrogen and oxygen atoms in total. The molecule has 10 heteroatoms. The number of hydrogen-bond donors (Lipinski definition) is 3. The monoisotopic (exact) mass is 907 g/mol. The summed E-state index contributed by atoms with van der Waals surface area (Å²) in [7, 11) is 0. The molecule has 0 aliphatic heterocycles. The number of rotatable bonds is 0. The zero-order valence-corrected chi connectivity index (χ0v) is 49.1. The van der Waals surface area contributed by atoms with E-state index < -0.39 is 11.4 Å². The van der Waals surface area contributed by atoms with Crippen LogP contribution < -0.4 is 10.6 Å². The molecule has 0 aromatic heterocycles. The standard InChI is InChI=1S/2C13H27NO.2C8H19N.C5H9ClO.C5H10O2/c2*1-11(2,3)10(15)14(12(4,5)6)13(7,8)9;2*1-7(2,3)9-8(4,5)6;2*1-5(2,3)4(6)7/h2*1-9H3;2*9H,1-6H3;1-3H3;1-3H3,(H,6,7). The maximum Gasteiger partial charge on any atom is 0.308 e. The van der Waals surface area contributed by atoms with Gasteiger partial charge >= 0.3 is 5.97 Å². The Balaban J connectivity index is -0.000000156. The van der Waals surface area contributed by atoms with E-state index in [2.05, 4.69) is 177 Å². The number of aliphatic carboxylic acids is 1. The summed E-state index contributed by atoms with van der Waals surface area (Å²) in [6.07, 6.45) is 0. The first kappa shape index (κ1) is 71.9. The first-order valence-electron chi connectivity index (χ1n) is 22.6. The Morgan fingerprint density at radius 3 is 0.468 bits per heavy atom. The number of carbonyl (C=O) groups excluding carboxylic acids is 3. The van der Waals surface area contributed by atoms with E-state index in [9.17, 15) is 19.2 Å². The molecule has 0 aromatic carbocycles. The Morgan fingerprint density at radius 1 is 0.323 bits per heavy atom. The van der Waals surface area contributed by atoms with Crippen LogP contribution in [0, 0.1) is 21.7 Å². The average molecular weight is 908 g/mol. The van der Waals surface area contributed by atoms with Crippen LogP contribution in [-0.4, -0.2) is 82.2 Å². The lowest BCUT2D eigenvalue weighted by Crippen LogP contribution is -2.58. The van der Waals surface area contributed by atoms with Crippen molar-refractivity contribution in [3.8, 4) is 0 Å². The summed E-state index contributed by atoms with van der Waals surface area (Å²) >= 11 is 5.11. The smallest absolute Gasteiger partial charge is 0.308 e. The molecule has 2 amide bonds. The highest BCUT2D eigenvalue weighted by molar-refractivity contribution is 6.64. The largest absolute Gasteiger partial charge is 0.481 e. The molecule has 0 aliphatic rings. The van der Waals surface area contributed by atoms with E-state index in [0.717, 1.165) is 0 Å². The second-order valence-electron chi connectivity index (χ2n) is 28.8. The van der Waals surface area contributed by atoms with Gasteiger partial charge in [0.15, 0.2) is 0 Å². The van der Waals surface area contributed by atoms with Gasteiger partial charge < -0.3 is 25.5 Å². The summed E-state index contributed by atoms with van der Waals surface area (Å²) in [6.45, 7) is 73.3. The Kier molecular flexibility index (Phi) is 28.7. The van der Waals surface area contributed by atoms with Crippen LogP contribution in [-0.2, 0) is 19.2 Å². The topological polar surface area (TPSA) is 119 Å². The predicted molar refractivity (Wildman–Crippen MR) is 274 cm³/mol. The van der Waals surface area contributed by atoms with Crippen molar-refractivity contribution in [1.29, 1.82) is 0 Å². The lowest BCUT2D eigenvalue weighted by Gasteiger charge is -2.48. The zero-order valence-electron chi connectivity index (χ0n) is 48.4. The molecule has 0 spiro atoms. The van der Waals surface area contributed by atoms with Gasteiger partial charge in [-0.1, -0.05) is 62.3 Å². The van der Waals surface area contributed by atoms with E-state index in [4.69, 9.17) is 16.7 Å². The van der Waals surface area contributed by atoms with Gasteiger partial charge in [0.25, 0.3) is 0 Å². The summed E-state index contributed by atoms with van der Waals surface area (Å²) in [5, 5.41) is 14.9. The number of hydrogen-bond acceptors (Lipinski definition) is 6. The Morgan fingerprint density at radius 2 is 0.452 bits per heavy atom. The molecule has 0 rings (SSSR count). The fourth-order valence-corrected chi connectivity index (χ4v) is 6.15. The number of carboxylic acid groups (broad SMARTS) is 1. The molecular weight excluding hydrogens is 796 g/mol. The van der Waals surface area contributed by atoms with Crippen molar-refractivity contribution in [2.24, 2.45) is 21.7 Å². The first-order chi connectivity index (χ1) is 25.9. The van der Waals surface area contributed by atoms with E-state index in [1.807, 2.05) is 51.3 Å². The summed E-state index contributed by atoms with van der Waals surface area (Å²) in [5.41, 5.74) is -1.20. The van der Waals surface area contributed by atoms with Gasteiger partial charge in [-0.3, -0.25) is 19.2 Å². The molecule has 0 saturated heterocycles. The van der Waals surface area contributed by atoms with Gasteiger partial charge in [0, 0.05) is 60.6 Å². The minimum atomic E-state index is -0.757. The third kappa shape index (κ3) is 43.5. The lowest BCUT2D eigenvalue weighted by atomic mass is 9.87. The zero-order chi connectivity index (χ0) is 52.9. The highest BCUT2D eigenvalue weighted by Gasteiger charge is 2.41. The van der Waals surface area contributed by atoms with Crippen molar-refractivity contribution in [1.82, 2.24) is 20.4 Å². The van der Waals surface area contributed by atoms with Crippen molar-refractivity contribution < 1.29 is 24.3 Å². The summed E-state index contributed by atoms with van der Waals surface area (Å²) in [4.78, 5) is 49.0. The van der Waals surface area contributed by atoms with Crippen LogP contribution >= 0.6 is 11.6 Å². The van der Waals surface area contributed by atoms with Crippen molar-refractivity contribution in [2.45, 2.75) is 294 Å². The number of carboxylic acids is 1. The van der Waals surface area contributed by atoms with Gasteiger partial charge in [0.1, 0.15) is 0 Å². The molecule has 0 heterocycles. The first-order valence-corrected chi connectivity index (χ1v) is 22.9. The number of nitrogens with one attached hydrogen (secondary N) is 2. The van der Waals surface area contributed by atoms with Gasteiger partial charge in [0.05, 0.1) is 5.41 Å².